The third-order valence-corrected chi connectivity index (χ3v) is 5.46. The zero-order valence-corrected chi connectivity index (χ0v) is 19.4. The van der Waals surface area contributed by atoms with Crippen LogP contribution < -0.4 is 10.1 Å². The van der Waals surface area contributed by atoms with Crippen LogP contribution in [0.5, 0.6) is 11.5 Å². The van der Waals surface area contributed by atoms with Gasteiger partial charge < -0.3 is 19.9 Å². The summed E-state index contributed by atoms with van der Waals surface area (Å²) >= 11 is 0. The van der Waals surface area contributed by atoms with Gasteiger partial charge in [0.1, 0.15) is 18.0 Å². The Morgan fingerprint density at radius 1 is 1.00 bits per heavy atom. The zero-order chi connectivity index (χ0) is 24.8. The highest BCUT2D eigenvalue weighted by Gasteiger charge is 2.28. The lowest BCUT2D eigenvalue weighted by Gasteiger charge is -2.26. The van der Waals surface area contributed by atoms with Gasteiger partial charge in [0.15, 0.2) is 17.2 Å². The predicted molar refractivity (Wildman–Crippen MR) is 124 cm³/mol. The first-order chi connectivity index (χ1) is 16.2. The van der Waals surface area contributed by atoms with E-state index in [0.29, 0.717) is 0 Å². The van der Waals surface area contributed by atoms with Gasteiger partial charge in [-0.3, -0.25) is 4.79 Å². The van der Waals surface area contributed by atoms with Crippen LogP contribution in [0.4, 0.5) is 4.39 Å². The van der Waals surface area contributed by atoms with E-state index in [4.69, 9.17) is 9.47 Å². The summed E-state index contributed by atoms with van der Waals surface area (Å²) in [7, 11) is 1.35. The maximum Gasteiger partial charge on any atom is 0.328 e. The largest absolute Gasteiger partial charge is 0.503 e. The van der Waals surface area contributed by atoms with E-state index in [-0.39, 0.29) is 23.2 Å². The Balaban J connectivity index is 1.76. The molecule has 0 spiro atoms. The van der Waals surface area contributed by atoms with Crippen molar-refractivity contribution in [1.29, 1.82) is 0 Å². The summed E-state index contributed by atoms with van der Waals surface area (Å²) in [4.78, 5) is 29.2. The highest BCUT2D eigenvalue weighted by Crippen LogP contribution is 2.31. The van der Waals surface area contributed by atoms with Gasteiger partial charge in [-0.05, 0) is 44.0 Å². The zero-order valence-electron chi connectivity index (χ0n) is 19.4. The van der Waals surface area contributed by atoms with E-state index in [1.54, 1.807) is 19.1 Å². The van der Waals surface area contributed by atoms with Gasteiger partial charge in [0, 0.05) is 18.2 Å². The average Bonchev–Trinajstić information content (AvgIpc) is 2.81. The van der Waals surface area contributed by atoms with E-state index in [1.165, 1.54) is 38.4 Å². The van der Waals surface area contributed by atoms with E-state index in [2.05, 4.69) is 10.3 Å². The van der Waals surface area contributed by atoms with Gasteiger partial charge in [-0.15, -0.1) is 0 Å². The van der Waals surface area contributed by atoms with Gasteiger partial charge in [-0.25, -0.2) is 14.2 Å². The molecule has 3 rings (SSSR count). The van der Waals surface area contributed by atoms with Gasteiger partial charge in [-0.2, -0.15) is 0 Å². The van der Waals surface area contributed by atoms with Crippen LogP contribution in [0, 0.1) is 12.7 Å². The smallest absolute Gasteiger partial charge is 0.328 e. The Morgan fingerprint density at radius 2 is 1.59 bits per heavy atom. The number of methoxy groups -OCH3 is 1. The third kappa shape index (κ3) is 5.70. The molecule has 3 atom stereocenters. The fourth-order valence-electron chi connectivity index (χ4n) is 3.62. The maximum absolute atomic E-state index is 13.5. The molecule has 0 aliphatic heterocycles. The number of esters is 1. The minimum atomic E-state index is -1.02. The molecule has 7 nitrogen and oxygen atoms in total. The molecule has 0 saturated heterocycles. The molecule has 34 heavy (non-hydrogen) atoms. The van der Waals surface area contributed by atoms with Gasteiger partial charge >= 0.3 is 5.97 Å². The molecule has 0 fully saturated rings. The molecule has 3 aromatic rings. The van der Waals surface area contributed by atoms with Gasteiger partial charge in [-0.1, -0.05) is 42.0 Å². The third-order valence-electron chi connectivity index (χ3n) is 5.46. The Morgan fingerprint density at radius 3 is 2.18 bits per heavy atom. The molecule has 8 heteroatoms. The fourth-order valence-corrected chi connectivity index (χ4v) is 3.62. The lowest BCUT2D eigenvalue weighted by molar-refractivity contribution is -0.150. The van der Waals surface area contributed by atoms with E-state index in [1.807, 2.05) is 31.2 Å². The molecule has 0 saturated carbocycles. The number of hydrogen-bond acceptors (Lipinski definition) is 6. The fraction of sp³-hybridized carbons (Fsp3) is 0.269. The van der Waals surface area contributed by atoms with Crippen molar-refractivity contribution >= 4 is 11.9 Å². The number of halogens is 1. The minimum Gasteiger partial charge on any atom is -0.503 e. The number of ether oxygens (including phenoxy) is 2. The molecule has 0 aliphatic rings. The van der Waals surface area contributed by atoms with Crippen LogP contribution in [0.15, 0.2) is 60.8 Å². The van der Waals surface area contributed by atoms with Crippen molar-refractivity contribution in [3.05, 3.63) is 89.0 Å². The molecule has 1 heterocycles. The van der Waals surface area contributed by atoms with Gasteiger partial charge in [0.2, 0.25) is 0 Å². The number of benzene rings is 2. The molecule has 178 valence electrons. The summed E-state index contributed by atoms with van der Waals surface area (Å²) in [5, 5.41) is 12.6. The normalized spacial score (nSPS) is 13.4. The van der Waals surface area contributed by atoms with Crippen molar-refractivity contribution in [2.75, 3.05) is 7.11 Å². The van der Waals surface area contributed by atoms with Crippen molar-refractivity contribution in [2.45, 2.75) is 38.8 Å². The summed E-state index contributed by atoms with van der Waals surface area (Å²) in [6.45, 7) is 5.19. The number of nitrogens with zero attached hydrogens (tertiary/aromatic N) is 1. The number of aryl methyl sites for hydroxylation is 1. The second-order valence-corrected chi connectivity index (χ2v) is 7.99. The Labute approximate surface area is 197 Å². The van der Waals surface area contributed by atoms with Crippen LogP contribution in [0.1, 0.15) is 46.9 Å². The van der Waals surface area contributed by atoms with Crippen molar-refractivity contribution < 1.29 is 28.6 Å². The lowest BCUT2D eigenvalue weighted by Crippen LogP contribution is -2.41. The Kier molecular flexibility index (Phi) is 7.83. The molecular weight excluding hydrogens is 439 g/mol. The maximum atomic E-state index is 13.5. The number of aromatic hydroxyl groups is 1. The number of amides is 1. The predicted octanol–water partition coefficient (Wildman–Crippen LogP) is 4.13. The number of aromatic nitrogens is 1. The monoisotopic (exact) mass is 466 g/mol. The second-order valence-electron chi connectivity index (χ2n) is 7.99. The molecule has 0 aliphatic carbocycles. The Hall–Kier alpha value is -3.94. The van der Waals surface area contributed by atoms with Crippen LogP contribution in [0.25, 0.3) is 0 Å². The van der Waals surface area contributed by atoms with Crippen molar-refractivity contribution in [3.8, 4) is 11.5 Å². The molecule has 2 aromatic carbocycles. The van der Waals surface area contributed by atoms with Crippen LogP contribution in [-0.4, -0.2) is 41.2 Å². The standard InChI is InChI=1S/C26H27FN2O5/c1-15-5-7-18(8-6-15)22(19-9-11-20(27)12-10-19)17(3)34-26(32)16(2)29-25(31)23-24(30)21(33-4)13-14-28-23/h5-14,16-17,22,30H,1-4H3,(H,29,31)/t16-,17-,22-/m0/s1. The van der Waals surface area contributed by atoms with Crippen molar-refractivity contribution in [2.24, 2.45) is 0 Å². The van der Waals surface area contributed by atoms with E-state index in [0.717, 1.165) is 16.7 Å². The molecule has 0 radical (unpaired) electrons. The number of carbonyl (C=O) groups is 2. The molecule has 0 unspecified atom stereocenters. The van der Waals surface area contributed by atoms with Crippen LogP contribution >= 0.6 is 0 Å². The summed E-state index contributed by atoms with van der Waals surface area (Å²) in [6.07, 6.45) is 0.691. The molecule has 1 amide bonds. The first kappa shape index (κ1) is 24.7. The van der Waals surface area contributed by atoms with Crippen LogP contribution in [0.2, 0.25) is 0 Å². The first-order valence-electron chi connectivity index (χ1n) is 10.8. The molecule has 1 aromatic heterocycles. The number of rotatable bonds is 8. The number of carbonyl (C=O) groups excluding carboxylic acids is 2. The average molecular weight is 467 g/mol. The summed E-state index contributed by atoms with van der Waals surface area (Å²) in [6, 6.07) is 14.2. The van der Waals surface area contributed by atoms with Crippen LogP contribution in [-0.2, 0) is 9.53 Å². The quantitative estimate of drug-likeness (QED) is 0.485. The summed E-state index contributed by atoms with van der Waals surface area (Å²) in [5.74, 6) is -2.46. The summed E-state index contributed by atoms with van der Waals surface area (Å²) < 4.78 is 24.2. The van der Waals surface area contributed by atoms with Gasteiger partial charge in [0.25, 0.3) is 5.91 Å². The minimum absolute atomic E-state index is 0.0873. The molecular formula is C26H27FN2O5. The van der Waals surface area contributed by atoms with E-state index in [9.17, 15) is 19.1 Å². The topological polar surface area (TPSA) is 97.8 Å². The number of pyridine rings is 1. The molecule has 2 N–H and O–H groups in total. The van der Waals surface area contributed by atoms with E-state index >= 15 is 0 Å². The van der Waals surface area contributed by atoms with Crippen molar-refractivity contribution in [3.63, 3.8) is 0 Å². The number of hydrogen-bond donors (Lipinski definition) is 2. The molecule has 0 bridgehead atoms. The Bertz CT molecular complexity index is 1100. The summed E-state index contributed by atoms with van der Waals surface area (Å²) in [5.41, 5.74) is 2.50. The lowest BCUT2D eigenvalue weighted by atomic mass is 9.87. The first-order valence-corrected chi connectivity index (χ1v) is 10.8. The SMILES string of the molecule is COc1ccnc(C(=O)N[C@@H](C)C(=O)O[C@@H](C)[C@@H](c2ccc(C)cc2)c2ccc(F)cc2)c1O. The van der Waals surface area contributed by atoms with E-state index < -0.39 is 29.8 Å². The highest BCUT2D eigenvalue weighted by atomic mass is 19.1. The second kappa shape index (κ2) is 10.8. The van der Waals surface area contributed by atoms with Crippen LogP contribution in [0.3, 0.4) is 0 Å². The van der Waals surface area contributed by atoms with Gasteiger partial charge in [0.05, 0.1) is 7.11 Å². The van der Waals surface area contributed by atoms with Crippen molar-refractivity contribution in [1.82, 2.24) is 10.3 Å². The number of nitrogens with one attached hydrogen (secondary N) is 1. The highest BCUT2D eigenvalue weighted by molar-refractivity contribution is 5.97.